The van der Waals surface area contributed by atoms with Gasteiger partial charge >= 0.3 is 5.97 Å². The van der Waals surface area contributed by atoms with Gasteiger partial charge in [0, 0.05) is 30.2 Å². The van der Waals surface area contributed by atoms with E-state index in [9.17, 15) is 27.9 Å². The zero-order chi connectivity index (χ0) is 28.3. The minimum atomic E-state index is -3.50. The van der Waals surface area contributed by atoms with E-state index >= 15 is 0 Å². The van der Waals surface area contributed by atoms with Crippen molar-refractivity contribution >= 4 is 61.8 Å². The number of rotatable bonds is 9. The molecular weight excluding hydrogens is 567 g/mol. The topological polar surface area (TPSA) is 143 Å². The number of furan rings is 1. The normalized spacial score (nSPS) is 12.2. The van der Waals surface area contributed by atoms with Crippen molar-refractivity contribution in [3.8, 4) is 0 Å². The molecule has 0 bridgehead atoms. The predicted molar refractivity (Wildman–Crippen MR) is 146 cm³/mol. The Balaban J connectivity index is 1.45. The Morgan fingerprint density at radius 1 is 0.949 bits per heavy atom. The van der Waals surface area contributed by atoms with Gasteiger partial charge in [-0.3, -0.25) is 9.59 Å². The van der Waals surface area contributed by atoms with E-state index in [2.05, 4.69) is 10.6 Å². The molecule has 3 N–H and O–H groups in total. The number of halogens is 2. The van der Waals surface area contributed by atoms with Crippen molar-refractivity contribution in [1.82, 2.24) is 10.6 Å². The average Bonchev–Trinajstić information content (AvgIpc) is 3.34. The molecule has 4 aromatic rings. The molecule has 4 rings (SSSR count). The lowest BCUT2D eigenvalue weighted by atomic mass is 10.0. The van der Waals surface area contributed by atoms with Gasteiger partial charge in [0.2, 0.25) is 0 Å². The number of sulfone groups is 1. The summed E-state index contributed by atoms with van der Waals surface area (Å²) in [6, 6.07) is 14.2. The summed E-state index contributed by atoms with van der Waals surface area (Å²) in [4.78, 5) is 37.4. The number of aliphatic carboxylic acids is 1. The number of nitrogens with one attached hydrogen (secondary N) is 2. The molecule has 0 radical (unpaired) electrons. The third kappa shape index (κ3) is 6.78. The van der Waals surface area contributed by atoms with Crippen molar-refractivity contribution in [1.29, 1.82) is 0 Å². The summed E-state index contributed by atoms with van der Waals surface area (Å²) < 4.78 is 29.0. The van der Waals surface area contributed by atoms with Crippen LogP contribution in [0.4, 0.5) is 0 Å². The second-order valence-corrected chi connectivity index (χ2v) is 11.6. The summed E-state index contributed by atoms with van der Waals surface area (Å²) in [6.45, 7) is 0.0603. The van der Waals surface area contributed by atoms with Crippen LogP contribution in [0.25, 0.3) is 11.0 Å². The Hall–Kier alpha value is -3.86. The van der Waals surface area contributed by atoms with Crippen molar-refractivity contribution < 1.29 is 32.3 Å². The van der Waals surface area contributed by atoms with Gasteiger partial charge in [-0.2, -0.15) is 0 Å². The maximum atomic E-state index is 12.9. The number of carbonyl (C=O) groups is 3. The second kappa shape index (κ2) is 11.5. The summed E-state index contributed by atoms with van der Waals surface area (Å²) in [7, 11) is -3.50. The lowest BCUT2D eigenvalue weighted by molar-refractivity contribution is -0.139. The summed E-state index contributed by atoms with van der Waals surface area (Å²) >= 11 is 12.6. The smallest absolute Gasteiger partial charge is 0.326 e. The van der Waals surface area contributed by atoms with Gasteiger partial charge in [-0.1, -0.05) is 41.4 Å². The zero-order valence-corrected chi connectivity index (χ0v) is 22.7. The van der Waals surface area contributed by atoms with Gasteiger partial charge in [0.1, 0.15) is 11.6 Å². The molecule has 0 saturated heterocycles. The third-order valence-electron chi connectivity index (χ3n) is 5.87. The molecule has 1 atom stereocenters. The number of benzene rings is 3. The average molecular weight is 589 g/mol. The SMILES string of the molecule is CS(=O)(=O)c1cccc(C[C@H](NC(=O)c2c(Cl)cc(CNC(=O)c3ccc4ccoc4c3)cc2Cl)C(=O)O)c1. The van der Waals surface area contributed by atoms with E-state index in [0.29, 0.717) is 22.3 Å². The van der Waals surface area contributed by atoms with Crippen molar-refractivity contribution in [2.45, 2.75) is 23.9 Å². The van der Waals surface area contributed by atoms with E-state index in [4.69, 9.17) is 27.6 Å². The molecular formula is C27H22Cl2N2O7S. The number of carboxylic acid groups (broad SMARTS) is 1. The Bertz CT molecular complexity index is 1680. The van der Waals surface area contributed by atoms with E-state index in [-0.39, 0.29) is 39.4 Å². The fraction of sp³-hybridized carbons (Fsp3) is 0.148. The van der Waals surface area contributed by atoms with Crippen molar-refractivity contribution in [3.63, 3.8) is 0 Å². The Labute approximate surface area is 233 Å². The van der Waals surface area contributed by atoms with Gasteiger partial charge in [-0.25, -0.2) is 13.2 Å². The lowest BCUT2D eigenvalue weighted by Gasteiger charge is -2.17. The van der Waals surface area contributed by atoms with Crippen LogP contribution in [0, 0.1) is 0 Å². The first-order valence-electron chi connectivity index (χ1n) is 11.5. The van der Waals surface area contributed by atoms with E-state index in [1.807, 2.05) is 0 Å². The number of carbonyl (C=O) groups excluding carboxylic acids is 2. The van der Waals surface area contributed by atoms with E-state index in [0.717, 1.165) is 11.6 Å². The number of amides is 2. The van der Waals surface area contributed by atoms with Crippen LogP contribution in [-0.4, -0.2) is 43.6 Å². The standard InChI is InChI=1S/C27H22Cl2N2O7S/c1-39(36,37)19-4-2-3-15(9-19)12-22(27(34)35)31-26(33)24-20(28)10-16(11-21(24)29)14-30-25(32)18-6-5-17-7-8-38-23(17)13-18/h2-11,13,22H,12,14H2,1H3,(H,30,32)(H,31,33)(H,34,35)/t22-/m0/s1. The summed E-state index contributed by atoms with van der Waals surface area (Å²) in [5, 5.41) is 15.6. The Morgan fingerprint density at radius 3 is 2.33 bits per heavy atom. The molecule has 0 fully saturated rings. The molecule has 202 valence electrons. The first kappa shape index (κ1) is 28.2. The van der Waals surface area contributed by atoms with E-state index < -0.39 is 27.8 Å². The molecule has 0 aliphatic heterocycles. The van der Waals surface area contributed by atoms with Gasteiger partial charge in [-0.15, -0.1) is 0 Å². The molecule has 0 spiro atoms. The van der Waals surface area contributed by atoms with Gasteiger partial charge in [0.25, 0.3) is 11.8 Å². The van der Waals surface area contributed by atoms with Crippen molar-refractivity contribution in [2.24, 2.45) is 0 Å². The lowest BCUT2D eigenvalue weighted by Crippen LogP contribution is -2.42. The predicted octanol–water partition coefficient (Wildman–Crippen LogP) is 4.50. The summed E-state index contributed by atoms with van der Waals surface area (Å²) in [5.74, 6) is -2.50. The van der Waals surface area contributed by atoms with Crippen LogP contribution in [0.1, 0.15) is 31.8 Å². The molecule has 1 heterocycles. The first-order chi connectivity index (χ1) is 18.4. The minimum absolute atomic E-state index is 0.0331. The fourth-order valence-electron chi connectivity index (χ4n) is 3.89. The van der Waals surface area contributed by atoms with Crippen molar-refractivity contribution in [3.05, 3.63) is 99.2 Å². The second-order valence-electron chi connectivity index (χ2n) is 8.78. The number of fused-ring (bicyclic) bond motifs is 1. The largest absolute Gasteiger partial charge is 0.480 e. The monoisotopic (exact) mass is 588 g/mol. The highest BCUT2D eigenvalue weighted by molar-refractivity contribution is 7.90. The molecule has 0 aliphatic carbocycles. The van der Waals surface area contributed by atoms with Gasteiger partial charge in [0.05, 0.1) is 26.8 Å². The molecule has 0 unspecified atom stereocenters. The minimum Gasteiger partial charge on any atom is -0.480 e. The zero-order valence-electron chi connectivity index (χ0n) is 20.4. The van der Waals surface area contributed by atoms with Crippen LogP contribution in [0.3, 0.4) is 0 Å². The van der Waals surface area contributed by atoms with Crippen LogP contribution in [0.2, 0.25) is 10.0 Å². The number of hydrogen-bond acceptors (Lipinski definition) is 6. The van der Waals surface area contributed by atoms with Crippen LogP contribution >= 0.6 is 23.2 Å². The quantitative estimate of drug-likeness (QED) is 0.261. The fourth-order valence-corrected chi connectivity index (χ4v) is 5.29. The van der Waals surface area contributed by atoms with Gasteiger partial charge in [-0.05, 0) is 53.6 Å². The Morgan fingerprint density at radius 2 is 1.67 bits per heavy atom. The number of carboxylic acids is 1. The highest BCUT2D eigenvalue weighted by Crippen LogP contribution is 2.27. The maximum absolute atomic E-state index is 12.9. The summed E-state index contributed by atoms with van der Waals surface area (Å²) in [6.07, 6.45) is 2.40. The molecule has 0 aliphatic rings. The van der Waals surface area contributed by atoms with Crippen LogP contribution in [-0.2, 0) is 27.6 Å². The van der Waals surface area contributed by atoms with E-state index in [1.165, 1.54) is 36.6 Å². The molecule has 3 aromatic carbocycles. The molecule has 0 saturated carbocycles. The van der Waals surface area contributed by atoms with Gasteiger partial charge < -0.3 is 20.2 Å². The Kier molecular flexibility index (Phi) is 8.29. The first-order valence-corrected chi connectivity index (χ1v) is 14.1. The van der Waals surface area contributed by atoms with Crippen molar-refractivity contribution in [2.75, 3.05) is 6.26 Å². The van der Waals surface area contributed by atoms with Gasteiger partial charge in [0.15, 0.2) is 9.84 Å². The molecule has 12 heteroatoms. The van der Waals surface area contributed by atoms with E-state index in [1.54, 1.807) is 30.3 Å². The van der Waals surface area contributed by atoms with Crippen LogP contribution in [0.15, 0.2) is 76.2 Å². The maximum Gasteiger partial charge on any atom is 0.326 e. The van der Waals surface area contributed by atoms with Crippen LogP contribution in [0.5, 0.6) is 0 Å². The molecule has 9 nitrogen and oxygen atoms in total. The molecule has 39 heavy (non-hydrogen) atoms. The highest BCUT2D eigenvalue weighted by atomic mass is 35.5. The third-order valence-corrected chi connectivity index (χ3v) is 7.58. The number of hydrogen-bond donors (Lipinski definition) is 3. The summed E-state index contributed by atoms with van der Waals surface area (Å²) in [5.41, 5.74) is 1.76. The molecule has 2 amide bonds. The van der Waals surface area contributed by atoms with Crippen LogP contribution < -0.4 is 10.6 Å². The highest BCUT2D eigenvalue weighted by Gasteiger charge is 2.25. The molecule has 1 aromatic heterocycles.